The average Bonchev–Trinajstić information content (AvgIpc) is 4.01. The monoisotopic (exact) mass is 805 g/mol. The molecule has 0 saturated heterocycles. The summed E-state index contributed by atoms with van der Waals surface area (Å²) in [5.74, 6) is 1.51. The zero-order valence-corrected chi connectivity index (χ0v) is 33.9. The molecule has 0 aliphatic carbocycles. The van der Waals surface area contributed by atoms with Crippen LogP contribution in [0.1, 0.15) is 0 Å². The molecule has 6 heteroatoms. The molecule has 6 nitrogen and oxygen atoms in total. The number of aromatic nitrogens is 5. The van der Waals surface area contributed by atoms with Crippen molar-refractivity contribution >= 4 is 65.6 Å². The largest absolute Gasteiger partial charge is 0.454 e. The summed E-state index contributed by atoms with van der Waals surface area (Å²) in [4.78, 5) is 15.1. The molecule has 0 fully saturated rings. The zero-order chi connectivity index (χ0) is 41.4. The van der Waals surface area contributed by atoms with Crippen molar-refractivity contribution in [3.63, 3.8) is 0 Å². The highest BCUT2D eigenvalue weighted by molar-refractivity contribution is 6.12. The van der Waals surface area contributed by atoms with Crippen molar-refractivity contribution in [3.8, 4) is 56.5 Å². The first-order chi connectivity index (χ1) is 31.2. The van der Waals surface area contributed by atoms with Crippen LogP contribution in [0, 0.1) is 0 Å². The second-order valence-corrected chi connectivity index (χ2v) is 16.0. The van der Waals surface area contributed by atoms with E-state index in [1.54, 1.807) is 0 Å². The van der Waals surface area contributed by atoms with Gasteiger partial charge >= 0.3 is 0 Å². The fourth-order valence-electron chi connectivity index (χ4n) is 9.42. The molecule has 8 aromatic carbocycles. The first-order valence-electron chi connectivity index (χ1n) is 21.2. The summed E-state index contributed by atoms with van der Waals surface area (Å²) >= 11 is 0. The van der Waals surface area contributed by atoms with Crippen LogP contribution in [0.15, 0.2) is 217 Å². The number of benzene rings is 8. The van der Waals surface area contributed by atoms with Gasteiger partial charge in [0.05, 0.1) is 39.7 Å². The van der Waals surface area contributed by atoms with Crippen LogP contribution in [0.25, 0.3) is 122 Å². The molecule has 13 rings (SSSR count). The molecule has 0 atom stereocenters. The van der Waals surface area contributed by atoms with Crippen LogP contribution in [0.2, 0.25) is 0 Å². The van der Waals surface area contributed by atoms with Crippen molar-refractivity contribution in [2.45, 2.75) is 0 Å². The summed E-state index contributed by atoms with van der Waals surface area (Å²) in [6.45, 7) is 0. The molecule has 0 unspecified atom stereocenters. The van der Waals surface area contributed by atoms with Crippen molar-refractivity contribution in [2.75, 3.05) is 0 Å². The standard InChI is InChI=1S/C57H35N5O/c1-3-13-36(14-4-1)49-34-56(60-57(59-49)38-15-5-2-6-16-38)62-51-21-11-7-17-42(51)44-29-25-40(32-53(44)62)39-26-30-52-46(31-39)43-18-8-10-20-50(43)61(52)41-27-23-37(24-28-41)48-33-47-45-19-9-12-22-54(45)63-55(47)35-58-48/h1-35H. The highest BCUT2D eigenvalue weighted by Gasteiger charge is 2.19. The lowest BCUT2D eigenvalue weighted by atomic mass is 10.0. The molecule has 0 aliphatic heterocycles. The normalized spacial score (nSPS) is 11.8. The smallest absolute Gasteiger partial charge is 0.162 e. The van der Waals surface area contributed by atoms with Gasteiger partial charge in [0, 0.05) is 60.8 Å². The lowest BCUT2D eigenvalue weighted by Crippen LogP contribution is -2.02. The van der Waals surface area contributed by atoms with Gasteiger partial charge < -0.3 is 8.98 Å². The number of furan rings is 1. The maximum atomic E-state index is 6.05. The van der Waals surface area contributed by atoms with E-state index < -0.39 is 0 Å². The van der Waals surface area contributed by atoms with Gasteiger partial charge in [0.1, 0.15) is 11.4 Å². The van der Waals surface area contributed by atoms with E-state index in [1.807, 2.05) is 48.7 Å². The van der Waals surface area contributed by atoms with Crippen LogP contribution in [0.4, 0.5) is 0 Å². The zero-order valence-electron chi connectivity index (χ0n) is 33.9. The number of nitrogens with zero attached hydrogens (tertiary/aromatic N) is 5. The van der Waals surface area contributed by atoms with Crippen LogP contribution < -0.4 is 0 Å². The third-order valence-electron chi connectivity index (χ3n) is 12.4. The third-order valence-corrected chi connectivity index (χ3v) is 12.4. The average molecular weight is 806 g/mol. The number of hydrogen-bond acceptors (Lipinski definition) is 4. The van der Waals surface area contributed by atoms with Crippen LogP contribution in [0.3, 0.4) is 0 Å². The molecule has 294 valence electrons. The Bertz CT molecular complexity index is 3840. The highest BCUT2D eigenvalue weighted by atomic mass is 16.3. The number of pyridine rings is 1. The summed E-state index contributed by atoms with van der Waals surface area (Å²) in [5.41, 5.74) is 14.4. The minimum Gasteiger partial charge on any atom is -0.454 e. The Morgan fingerprint density at radius 3 is 1.71 bits per heavy atom. The second kappa shape index (κ2) is 14.0. The van der Waals surface area contributed by atoms with Gasteiger partial charge in [-0.25, -0.2) is 9.97 Å². The highest BCUT2D eigenvalue weighted by Crippen LogP contribution is 2.39. The topological polar surface area (TPSA) is 61.7 Å². The molecule has 13 aromatic rings. The van der Waals surface area contributed by atoms with Crippen molar-refractivity contribution in [1.82, 2.24) is 24.1 Å². The summed E-state index contributed by atoms with van der Waals surface area (Å²) in [7, 11) is 0. The van der Waals surface area contributed by atoms with Gasteiger partial charge in [-0.1, -0.05) is 146 Å². The Kier molecular flexibility index (Phi) is 7.80. The summed E-state index contributed by atoms with van der Waals surface area (Å²) in [6.07, 6.45) is 1.83. The molecular weight excluding hydrogens is 771 g/mol. The number of hydrogen-bond donors (Lipinski definition) is 0. The van der Waals surface area contributed by atoms with Gasteiger partial charge in [-0.05, 0) is 65.7 Å². The second-order valence-electron chi connectivity index (χ2n) is 16.0. The van der Waals surface area contributed by atoms with E-state index in [0.717, 1.165) is 94.7 Å². The van der Waals surface area contributed by atoms with Crippen molar-refractivity contribution < 1.29 is 4.42 Å². The predicted molar refractivity (Wildman–Crippen MR) is 258 cm³/mol. The summed E-state index contributed by atoms with van der Waals surface area (Å²) in [5, 5.41) is 6.92. The Balaban J connectivity index is 0.936. The fraction of sp³-hybridized carbons (Fsp3) is 0. The molecule has 0 amide bonds. The van der Waals surface area contributed by atoms with Crippen LogP contribution in [0.5, 0.6) is 0 Å². The van der Waals surface area contributed by atoms with Crippen molar-refractivity contribution in [2.24, 2.45) is 0 Å². The molecule has 63 heavy (non-hydrogen) atoms. The van der Waals surface area contributed by atoms with E-state index in [9.17, 15) is 0 Å². The molecule has 0 radical (unpaired) electrons. The third kappa shape index (κ3) is 5.69. The molecular formula is C57H35N5O. The van der Waals surface area contributed by atoms with Gasteiger partial charge in [-0.3, -0.25) is 9.55 Å². The van der Waals surface area contributed by atoms with E-state index in [2.05, 4.69) is 173 Å². The Morgan fingerprint density at radius 1 is 0.333 bits per heavy atom. The Labute approximate surface area is 361 Å². The molecule has 0 saturated carbocycles. The van der Waals surface area contributed by atoms with Crippen molar-refractivity contribution in [1.29, 1.82) is 0 Å². The van der Waals surface area contributed by atoms with E-state index in [4.69, 9.17) is 19.4 Å². The quantitative estimate of drug-likeness (QED) is 0.168. The number of para-hydroxylation sites is 3. The molecule has 5 aromatic heterocycles. The minimum atomic E-state index is 0.687. The van der Waals surface area contributed by atoms with Crippen LogP contribution in [-0.4, -0.2) is 24.1 Å². The van der Waals surface area contributed by atoms with Gasteiger partial charge in [0.15, 0.2) is 11.4 Å². The molecule has 0 spiro atoms. The summed E-state index contributed by atoms with van der Waals surface area (Å²) < 4.78 is 10.7. The maximum absolute atomic E-state index is 6.05. The lowest BCUT2D eigenvalue weighted by Gasteiger charge is -2.13. The SMILES string of the molecule is c1ccc(-c2cc(-n3c4ccccc4c4ccc(-c5ccc6c(c5)c5ccccc5n6-c5ccc(-c6cc7c(cn6)oc6ccccc67)cc5)cc43)nc(-c3ccccc3)n2)cc1. The first kappa shape index (κ1) is 35.2. The van der Waals surface area contributed by atoms with Gasteiger partial charge in [-0.2, -0.15) is 0 Å². The van der Waals surface area contributed by atoms with E-state index in [1.165, 1.54) is 21.5 Å². The molecule has 0 bridgehead atoms. The van der Waals surface area contributed by atoms with Gasteiger partial charge in [0.2, 0.25) is 0 Å². The molecule has 0 N–H and O–H groups in total. The summed E-state index contributed by atoms with van der Waals surface area (Å²) in [6, 6.07) is 72.7. The Morgan fingerprint density at radius 2 is 0.921 bits per heavy atom. The molecule has 0 aliphatic rings. The van der Waals surface area contributed by atoms with E-state index in [-0.39, 0.29) is 0 Å². The minimum absolute atomic E-state index is 0.687. The Hall–Kier alpha value is -8.61. The lowest BCUT2D eigenvalue weighted by molar-refractivity contribution is 0.667. The number of fused-ring (bicyclic) bond motifs is 9. The van der Waals surface area contributed by atoms with Gasteiger partial charge in [0.25, 0.3) is 0 Å². The number of rotatable bonds is 6. The maximum Gasteiger partial charge on any atom is 0.162 e. The van der Waals surface area contributed by atoms with Gasteiger partial charge in [-0.15, -0.1) is 0 Å². The van der Waals surface area contributed by atoms with E-state index >= 15 is 0 Å². The first-order valence-corrected chi connectivity index (χ1v) is 21.2. The molecule has 5 heterocycles. The van der Waals surface area contributed by atoms with Crippen molar-refractivity contribution in [3.05, 3.63) is 212 Å². The predicted octanol–water partition coefficient (Wildman–Crippen LogP) is 14.6. The van der Waals surface area contributed by atoms with Crippen LogP contribution in [-0.2, 0) is 0 Å². The fourth-order valence-corrected chi connectivity index (χ4v) is 9.42. The van der Waals surface area contributed by atoms with Crippen LogP contribution >= 0.6 is 0 Å². The van der Waals surface area contributed by atoms with E-state index in [0.29, 0.717) is 5.82 Å².